The first-order valence-electron chi connectivity index (χ1n) is 10.1. The van der Waals surface area contributed by atoms with E-state index >= 15 is 0 Å². The van der Waals surface area contributed by atoms with Crippen molar-refractivity contribution in [3.8, 4) is 0 Å². The molecule has 1 unspecified atom stereocenters. The van der Waals surface area contributed by atoms with Crippen molar-refractivity contribution in [2.45, 2.75) is 51.6 Å². The molecule has 0 spiro atoms. The minimum atomic E-state index is 0.0870. The Kier molecular flexibility index (Phi) is 6.88. The first kappa shape index (κ1) is 19.4. The summed E-state index contributed by atoms with van der Waals surface area (Å²) in [4.78, 5) is 15.0. The molecular formula is C23H30N2O2. The summed E-state index contributed by atoms with van der Waals surface area (Å²) in [6.07, 6.45) is 4.82. The van der Waals surface area contributed by atoms with E-state index in [2.05, 4.69) is 36.5 Å². The van der Waals surface area contributed by atoms with Crippen LogP contribution in [-0.4, -0.2) is 35.1 Å². The Bertz CT molecular complexity index is 758. The lowest BCUT2D eigenvalue weighted by atomic mass is 9.98. The van der Waals surface area contributed by atoms with Gasteiger partial charge in [-0.15, -0.1) is 0 Å². The standard InChI is InChI=1S/C23H30N2O2/c1-2-19-9-3-4-12-22(19)24-17-18-8-7-10-20(16-18)23(27)25-14-6-5-11-21(25)13-15-26/h3-4,7-10,12,16,21,24,26H,2,5-6,11,13-15,17H2,1H3. The van der Waals surface area contributed by atoms with Gasteiger partial charge in [-0.2, -0.15) is 0 Å². The Balaban J connectivity index is 1.70. The zero-order valence-corrected chi connectivity index (χ0v) is 16.2. The zero-order valence-electron chi connectivity index (χ0n) is 16.2. The zero-order chi connectivity index (χ0) is 19.1. The molecule has 27 heavy (non-hydrogen) atoms. The molecule has 4 heteroatoms. The van der Waals surface area contributed by atoms with Crippen LogP contribution in [0.25, 0.3) is 0 Å². The van der Waals surface area contributed by atoms with Crippen LogP contribution in [0.5, 0.6) is 0 Å². The Morgan fingerprint density at radius 1 is 1.19 bits per heavy atom. The number of likely N-dealkylation sites (tertiary alicyclic amines) is 1. The van der Waals surface area contributed by atoms with E-state index in [9.17, 15) is 9.90 Å². The van der Waals surface area contributed by atoms with Crippen molar-refractivity contribution in [3.63, 3.8) is 0 Å². The van der Waals surface area contributed by atoms with Crippen molar-refractivity contribution in [1.29, 1.82) is 0 Å². The van der Waals surface area contributed by atoms with Gasteiger partial charge >= 0.3 is 0 Å². The molecule has 0 aliphatic carbocycles. The SMILES string of the molecule is CCc1ccccc1NCc1cccc(C(=O)N2CCCCC2CCO)c1. The molecule has 0 radical (unpaired) electrons. The van der Waals surface area contributed by atoms with Gasteiger partial charge in [0.1, 0.15) is 0 Å². The van der Waals surface area contributed by atoms with Gasteiger partial charge in [0.05, 0.1) is 0 Å². The molecule has 2 aromatic carbocycles. The maximum atomic E-state index is 13.0. The molecule has 1 fully saturated rings. The van der Waals surface area contributed by atoms with Gasteiger partial charge < -0.3 is 15.3 Å². The molecule has 1 aliphatic heterocycles. The van der Waals surface area contributed by atoms with Gasteiger partial charge in [-0.3, -0.25) is 4.79 Å². The van der Waals surface area contributed by atoms with Crippen LogP contribution in [0.15, 0.2) is 48.5 Å². The smallest absolute Gasteiger partial charge is 0.254 e. The highest BCUT2D eigenvalue weighted by atomic mass is 16.3. The number of aliphatic hydroxyl groups excluding tert-OH is 1. The minimum Gasteiger partial charge on any atom is -0.396 e. The number of nitrogens with one attached hydrogen (secondary N) is 1. The van der Waals surface area contributed by atoms with Crippen LogP contribution in [0.1, 0.15) is 54.1 Å². The average molecular weight is 367 g/mol. The molecule has 144 valence electrons. The Labute approximate surface area is 162 Å². The first-order chi connectivity index (χ1) is 13.2. The summed E-state index contributed by atoms with van der Waals surface area (Å²) in [6, 6.07) is 16.4. The van der Waals surface area contributed by atoms with Gasteiger partial charge in [-0.1, -0.05) is 37.3 Å². The van der Waals surface area contributed by atoms with E-state index in [0.717, 1.165) is 49.0 Å². The molecule has 1 saturated heterocycles. The Morgan fingerprint density at radius 2 is 2.04 bits per heavy atom. The molecule has 1 amide bonds. The maximum Gasteiger partial charge on any atom is 0.254 e. The minimum absolute atomic E-state index is 0.0870. The summed E-state index contributed by atoms with van der Waals surface area (Å²) in [6.45, 7) is 3.77. The molecule has 1 heterocycles. The van der Waals surface area contributed by atoms with Crippen molar-refractivity contribution in [2.75, 3.05) is 18.5 Å². The number of para-hydroxylation sites is 1. The summed E-state index contributed by atoms with van der Waals surface area (Å²) >= 11 is 0. The number of aryl methyl sites for hydroxylation is 1. The summed E-state index contributed by atoms with van der Waals surface area (Å²) in [5.74, 6) is 0.0870. The predicted octanol–water partition coefficient (Wildman–Crippen LogP) is 4.24. The van der Waals surface area contributed by atoms with Crippen LogP contribution < -0.4 is 5.32 Å². The Morgan fingerprint density at radius 3 is 2.85 bits per heavy atom. The number of hydrogen-bond acceptors (Lipinski definition) is 3. The molecule has 1 aliphatic rings. The molecule has 4 nitrogen and oxygen atoms in total. The maximum absolute atomic E-state index is 13.0. The fourth-order valence-corrected chi connectivity index (χ4v) is 3.90. The van der Waals surface area contributed by atoms with E-state index in [0.29, 0.717) is 13.0 Å². The summed E-state index contributed by atoms with van der Waals surface area (Å²) in [5.41, 5.74) is 4.28. The third-order valence-corrected chi connectivity index (χ3v) is 5.41. The van der Waals surface area contributed by atoms with Crippen molar-refractivity contribution < 1.29 is 9.90 Å². The highest BCUT2D eigenvalue weighted by molar-refractivity contribution is 5.94. The lowest BCUT2D eigenvalue weighted by molar-refractivity contribution is 0.0574. The molecule has 2 N–H and O–H groups in total. The first-order valence-corrected chi connectivity index (χ1v) is 10.1. The lowest BCUT2D eigenvalue weighted by Crippen LogP contribution is -2.44. The molecule has 1 atom stereocenters. The van der Waals surface area contributed by atoms with Crippen LogP contribution in [0, 0.1) is 0 Å². The molecule has 0 aromatic heterocycles. The number of carbonyl (C=O) groups is 1. The van der Waals surface area contributed by atoms with E-state index < -0.39 is 0 Å². The molecule has 0 saturated carbocycles. The largest absolute Gasteiger partial charge is 0.396 e. The van der Waals surface area contributed by atoms with E-state index in [1.54, 1.807) is 0 Å². The number of nitrogens with zero attached hydrogens (tertiary/aromatic N) is 1. The second kappa shape index (κ2) is 9.56. The Hall–Kier alpha value is -2.33. The fourth-order valence-electron chi connectivity index (χ4n) is 3.90. The van der Waals surface area contributed by atoms with Gasteiger partial charge in [0.25, 0.3) is 5.91 Å². The highest BCUT2D eigenvalue weighted by Gasteiger charge is 2.27. The van der Waals surface area contributed by atoms with E-state index in [1.807, 2.05) is 29.2 Å². The lowest BCUT2D eigenvalue weighted by Gasteiger charge is -2.35. The van der Waals surface area contributed by atoms with E-state index in [1.165, 1.54) is 5.56 Å². The number of benzene rings is 2. The van der Waals surface area contributed by atoms with Crippen LogP contribution >= 0.6 is 0 Å². The second-order valence-electron chi connectivity index (χ2n) is 7.23. The summed E-state index contributed by atoms with van der Waals surface area (Å²) < 4.78 is 0. The summed E-state index contributed by atoms with van der Waals surface area (Å²) in [7, 11) is 0. The van der Waals surface area contributed by atoms with Gasteiger partial charge in [0.2, 0.25) is 0 Å². The van der Waals surface area contributed by atoms with Crippen LogP contribution in [0.4, 0.5) is 5.69 Å². The number of amides is 1. The van der Waals surface area contributed by atoms with E-state index in [-0.39, 0.29) is 18.6 Å². The topological polar surface area (TPSA) is 52.6 Å². The van der Waals surface area contributed by atoms with Gasteiger partial charge in [0.15, 0.2) is 0 Å². The number of hydrogen-bond donors (Lipinski definition) is 2. The number of rotatable bonds is 7. The molecular weight excluding hydrogens is 336 g/mol. The highest BCUT2D eigenvalue weighted by Crippen LogP contribution is 2.23. The van der Waals surface area contributed by atoms with Crippen molar-refractivity contribution in [3.05, 3.63) is 65.2 Å². The van der Waals surface area contributed by atoms with Crippen molar-refractivity contribution in [2.24, 2.45) is 0 Å². The number of aliphatic hydroxyl groups is 1. The summed E-state index contributed by atoms with van der Waals surface area (Å²) in [5, 5.41) is 12.8. The number of carbonyl (C=O) groups excluding carboxylic acids is 1. The van der Waals surface area contributed by atoms with Gasteiger partial charge in [-0.25, -0.2) is 0 Å². The van der Waals surface area contributed by atoms with Crippen molar-refractivity contribution >= 4 is 11.6 Å². The van der Waals surface area contributed by atoms with Gasteiger partial charge in [-0.05, 0) is 61.4 Å². The normalized spacial score (nSPS) is 17.0. The number of piperidine rings is 1. The monoisotopic (exact) mass is 366 g/mol. The third-order valence-electron chi connectivity index (χ3n) is 5.41. The van der Waals surface area contributed by atoms with Gasteiger partial charge in [0, 0.05) is 37.0 Å². The quantitative estimate of drug-likeness (QED) is 0.771. The third kappa shape index (κ3) is 4.89. The van der Waals surface area contributed by atoms with Crippen LogP contribution in [-0.2, 0) is 13.0 Å². The fraction of sp³-hybridized carbons (Fsp3) is 0.435. The van der Waals surface area contributed by atoms with E-state index in [4.69, 9.17) is 0 Å². The number of anilines is 1. The van der Waals surface area contributed by atoms with Crippen LogP contribution in [0.3, 0.4) is 0 Å². The van der Waals surface area contributed by atoms with Crippen LogP contribution in [0.2, 0.25) is 0 Å². The predicted molar refractivity (Wildman–Crippen MR) is 110 cm³/mol. The second-order valence-corrected chi connectivity index (χ2v) is 7.23. The average Bonchev–Trinajstić information content (AvgIpc) is 2.73. The molecule has 2 aromatic rings. The molecule has 0 bridgehead atoms. The van der Waals surface area contributed by atoms with Crippen molar-refractivity contribution in [1.82, 2.24) is 4.90 Å². The molecule has 3 rings (SSSR count).